The highest BCUT2D eigenvalue weighted by atomic mass is 16.4. The fourth-order valence-electron chi connectivity index (χ4n) is 3.85. The lowest BCUT2D eigenvalue weighted by Gasteiger charge is -2.32. The molecule has 3 unspecified atom stereocenters. The number of nitrogens with zero attached hydrogens (tertiary/aromatic N) is 1. The number of amides is 1. The molecule has 5 nitrogen and oxygen atoms in total. The monoisotopic (exact) mass is 296 g/mol. The highest BCUT2D eigenvalue weighted by Gasteiger charge is 2.45. The van der Waals surface area contributed by atoms with Gasteiger partial charge in [0.1, 0.15) is 6.04 Å². The molecule has 0 aromatic carbocycles. The molecule has 1 aliphatic carbocycles. The minimum atomic E-state index is -0.775. The molecule has 2 rings (SSSR count). The summed E-state index contributed by atoms with van der Waals surface area (Å²) in [5.41, 5.74) is 0. The van der Waals surface area contributed by atoms with Gasteiger partial charge < -0.3 is 10.4 Å². The van der Waals surface area contributed by atoms with Crippen LogP contribution in [0.3, 0.4) is 0 Å². The summed E-state index contributed by atoms with van der Waals surface area (Å²) in [7, 11) is 0. The van der Waals surface area contributed by atoms with E-state index in [4.69, 9.17) is 0 Å². The van der Waals surface area contributed by atoms with Crippen molar-refractivity contribution >= 4 is 11.9 Å². The number of carbonyl (C=O) groups excluding carboxylic acids is 1. The lowest BCUT2D eigenvalue weighted by atomic mass is 9.85. The van der Waals surface area contributed by atoms with Crippen LogP contribution >= 0.6 is 0 Å². The number of hydrogen-bond acceptors (Lipinski definition) is 3. The Kier molecular flexibility index (Phi) is 6.03. The zero-order chi connectivity index (χ0) is 15.2. The Labute approximate surface area is 127 Å². The summed E-state index contributed by atoms with van der Waals surface area (Å²) >= 11 is 0. The van der Waals surface area contributed by atoms with Gasteiger partial charge in [-0.15, -0.1) is 0 Å². The molecule has 0 aromatic rings. The van der Waals surface area contributed by atoms with Gasteiger partial charge >= 0.3 is 5.97 Å². The molecule has 21 heavy (non-hydrogen) atoms. The Morgan fingerprint density at radius 3 is 2.71 bits per heavy atom. The number of aliphatic carboxylic acids is 1. The molecular formula is C16H28N2O3. The Morgan fingerprint density at radius 2 is 2.00 bits per heavy atom. The fourth-order valence-corrected chi connectivity index (χ4v) is 3.85. The third kappa shape index (κ3) is 4.19. The molecule has 0 aromatic heterocycles. The first-order valence-electron chi connectivity index (χ1n) is 8.38. The predicted octanol–water partition coefficient (Wildman–Crippen LogP) is 2.01. The number of hydrogen-bond donors (Lipinski definition) is 2. The first-order chi connectivity index (χ1) is 10.1. The van der Waals surface area contributed by atoms with Gasteiger partial charge in [0, 0.05) is 12.6 Å². The van der Waals surface area contributed by atoms with Crippen LogP contribution in [0.5, 0.6) is 0 Å². The normalized spacial score (nSPS) is 29.1. The van der Waals surface area contributed by atoms with Crippen LogP contribution in [0, 0.1) is 5.92 Å². The summed E-state index contributed by atoms with van der Waals surface area (Å²) < 4.78 is 0. The number of likely N-dealkylation sites (tertiary alicyclic amines) is 1. The van der Waals surface area contributed by atoms with Gasteiger partial charge in [0.2, 0.25) is 5.91 Å². The van der Waals surface area contributed by atoms with Crippen molar-refractivity contribution in [2.75, 3.05) is 13.1 Å². The molecule has 5 heteroatoms. The highest BCUT2D eigenvalue weighted by molar-refractivity contribution is 5.80. The molecule has 1 heterocycles. The minimum absolute atomic E-state index is 0.0245. The Balaban J connectivity index is 1.88. The maximum absolute atomic E-state index is 12.1. The van der Waals surface area contributed by atoms with Crippen LogP contribution in [0.25, 0.3) is 0 Å². The largest absolute Gasteiger partial charge is 0.480 e. The van der Waals surface area contributed by atoms with Crippen molar-refractivity contribution in [1.29, 1.82) is 0 Å². The predicted molar refractivity (Wildman–Crippen MR) is 81.0 cm³/mol. The van der Waals surface area contributed by atoms with Gasteiger partial charge in [-0.1, -0.05) is 32.6 Å². The molecule has 0 spiro atoms. The molecular weight excluding hydrogens is 268 g/mol. The molecule has 0 bridgehead atoms. The third-order valence-electron chi connectivity index (χ3n) is 4.94. The Morgan fingerprint density at radius 1 is 1.24 bits per heavy atom. The number of unbranched alkanes of at least 4 members (excludes halogenated alkanes) is 2. The standard InChI is InChI=1S/C16H28N2O3/c1-2-3-6-9-17-15(19)11-18-13-8-5-4-7-12(13)10-14(18)16(20)21/h12-14H,2-11H2,1H3,(H,17,19)(H,20,21). The molecule has 3 atom stereocenters. The summed E-state index contributed by atoms with van der Waals surface area (Å²) in [6, 6.07) is -0.180. The quantitative estimate of drug-likeness (QED) is 0.705. The molecule has 1 saturated heterocycles. The number of carbonyl (C=O) groups is 2. The van der Waals surface area contributed by atoms with Gasteiger partial charge in [-0.25, -0.2) is 0 Å². The van der Waals surface area contributed by atoms with E-state index >= 15 is 0 Å². The zero-order valence-electron chi connectivity index (χ0n) is 13.0. The second-order valence-corrected chi connectivity index (χ2v) is 6.43. The summed E-state index contributed by atoms with van der Waals surface area (Å²) in [5.74, 6) is -0.334. The topological polar surface area (TPSA) is 69.6 Å². The van der Waals surface area contributed by atoms with Crippen LogP contribution in [0.15, 0.2) is 0 Å². The third-order valence-corrected chi connectivity index (χ3v) is 4.94. The number of carboxylic acids is 1. The minimum Gasteiger partial charge on any atom is -0.480 e. The Bertz CT molecular complexity index is 373. The van der Waals surface area contributed by atoms with Crippen molar-refractivity contribution in [2.24, 2.45) is 5.92 Å². The lowest BCUT2D eigenvalue weighted by Crippen LogP contribution is -2.47. The Hall–Kier alpha value is -1.10. The van der Waals surface area contributed by atoms with Crippen LogP contribution in [-0.2, 0) is 9.59 Å². The van der Waals surface area contributed by atoms with Crippen LogP contribution in [0.2, 0.25) is 0 Å². The molecule has 1 amide bonds. The first-order valence-corrected chi connectivity index (χ1v) is 8.38. The van der Waals surface area contributed by atoms with E-state index in [1.807, 2.05) is 4.90 Å². The van der Waals surface area contributed by atoms with Gasteiger partial charge in [-0.05, 0) is 31.6 Å². The molecule has 2 N–H and O–H groups in total. The second-order valence-electron chi connectivity index (χ2n) is 6.43. The summed E-state index contributed by atoms with van der Waals surface area (Å²) in [4.78, 5) is 25.5. The molecule has 2 aliphatic rings. The van der Waals surface area contributed by atoms with E-state index in [1.165, 1.54) is 6.42 Å². The second kappa shape index (κ2) is 7.78. The maximum Gasteiger partial charge on any atom is 0.320 e. The molecule has 2 fully saturated rings. The van der Waals surface area contributed by atoms with E-state index < -0.39 is 12.0 Å². The van der Waals surface area contributed by atoms with E-state index in [0.29, 0.717) is 24.9 Å². The van der Waals surface area contributed by atoms with Crippen molar-refractivity contribution in [3.63, 3.8) is 0 Å². The van der Waals surface area contributed by atoms with Crippen molar-refractivity contribution in [1.82, 2.24) is 10.2 Å². The van der Waals surface area contributed by atoms with Crippen LogP contribution < -0.4 is 5.32 Å². The molecule has 0 radical (unpaired) electrons. The van der Waals surface area contributed by atoms with Gasteiger partial charge in [0.05, 0.1) is 6.54 Å². The number of fused-ring (bicyclic) bond motifs is 1. The fraction of sp³-hybridized carbons (Fsp3) is 0.875. The summed E-state index contributed by atoms with van der Waals surface area (Å²) in [6.45, 7) is 3.07. The molecule has 1 saturated carbocycles. The zero-order valence-corrected chi connectivity index (χ0v) is 13.0. The maximum atomic E-state index is 12.1. The van der Waals surface area contributed by atoms with Crippen molar-refractivity contribution in [3.8, 4) is 0 Å². The van der Waals surface area contributed by atoms with E-state index in [1.54, 1.807) is 0 Å². The van der Waals surface area contributed by atoms with Gasteiger partial charge in [0.15, 0.2) is 0 Å². The van der Waals surface area contributed by atoms with Gasteiger partial charge in [0.25, 0.3) is 0 Å². The highest BCUT2D eigenvalue weighted by Crippen LogP contribution is 2.39. The SMILES string of the molecule is CCCCCNC(=O)CN1C(C(=O)O)CC2CCCCC21. The van der Waals surface area contributed by atoms with E-state index in [2.05, 4.69) is 12.2 Å². The first kappa shape index (κ1) is 16.3. The van der Waals surface area contributed by atoms with Crippen LogP contribution in [-0.4, -0.2) is 47.1 Å². The van der Waals surface area contributed by atoms with Crippen molar-refractivity contribution < 1.29 is 14.7 Å². The van der Waals surface area contributed by atoms with E-state index in [9.17, 15) is 14.7 Å². The molecule has 1 aliphatic heterocycles. The number of rotatable bonds is 7. The average molecular weight is 296 g/mol. The van der Waals surface area contributed by atoms with E-state index in [-0.39, 0.29) is 12.5 Å². The number of carboxylic acid groups (broad SMARTS) is 1. The van der Waals surface area contributed by atoms with Crippen LogP contribution in [0.4, 0.5) is 0 Å². The number of nitrogens with one attached hydrogen (secondary N) is 1. The summed E-state index contributed by atoms with van der Waals surface area (Å²) in [6.07, 6.45) is 8.46. The van der Waals surface area contributed by atoms with Crippen molar-refractivity contribution in [2.45, 2.75) is 70.4 Å². The van der Waals surface area contributed by atoms with E-state index in [0.717, 1.165) is 38.5 Å². The van der Waals surface area contributed by atoms with Gasteiger partial charge in [-0.3, -0.25) is 14.5 Å². The average Bonchev–Trinajstić information content (AvgIpc) is 2.83. The lowest BCUT2D eigenvalue weighted by molar-refractivity contribution is -0.143. The summed E-state index contributed by atoms with van der Waals surface area (Å²) in [5, 5.41) is 12.3. The van der Waals surface area contributed by atoms with Gasteiger partial charge in [-0.2, -0.15) is 0 Å². The van der Waals surface area contributed by atoms with Crippen LogP contribution in [0.1, 0.15) is 58.3 Å². The van der Waals surface area contributed by atoms with Crippen molar-refractivity contribution in [3.05, 3.63) is 0 Å². The smallest absolute Gasteiger partial charge is 0.320 e. The molecule has 120 valence electrons.